The van der Waals surface area contributed by atoms with E-state index in [4.69, 9.17) is 0 Å². The molecule has 0 spiro atoms. The predicted molar refractivity (Wildman–Crippen MR) is 70.2 cm³/mol. The van der Waals surface area contributed by atoms with Crippen LogP contribution in [-0.2, 0) is 6.42 Å². The highest BCUT2D eigenvalue weighted by molar-refractivity contribution is 5.76. The van der Waals surface area contributed by atoms with Gasteiger partial charge in [-0.25, -0.2) is 9.37 Å². The zero-order chi connectivity index (χ0) is 12.5. The van der Waals surface area contributed by atoms with Gasteiger partial charge in [0, 0.05) is 19.0 Å². The van der Waals surface area contributed by atoms with Crippen molar-refractivity contribution in [1.29, 1.82) is 0 Å². The van der Waals surface area contributed by atoms with E-state index in [-0.39, 0.29) is 5.82 Å². The highest BCUT2D eigenvalue weighted by Gasteiger charge is 2.28. The van der Waals surface area contributed by atoms with Crippen LogP contribution in [0.3, 0.4) is 0 Å². The predicted octanol–water partition coefficient (Wildman–Crippen LogP) is 2.66. The Kier molecular flexibility index (Phi) is 3.04. The Balaban J connectivity index is 1.98. The second-order valence-corrected chi connectivity index (χ2v) is 4.87. The molecule has 0 aliphatic heterocycles. The van der Waals surface area contributed by atoms with E-state index in [1.54, 1.807) is 12.1 Å². The normalized spacial score (nSPS) is 15.4. The molecule has 0 unspecified atom stereocenters. The van der Waals surface area contributed by atoms with Crippen molar-refractivity contribution in [3.05, 3.63) is 29.8 Å². The number of nitrogens with one attached hydrogen (secondary N) is 1. The number of fused-ring (bicyclic) bond motifs is 1. The zero-order valence-electron chi connectivity index (χ0n) is 10.6. The van der Waals surface area contributed by atoms with Crippen LogP contribution in [0.2, 0.25) is 0 Å². The van der Waals surface area contributed by atoms with Crippen molar-refractivity contribution >= 4 is 11.0 Å². The Bertz CT molecular complexity index is 557. The standard InChI is InChI=1S/C14H18FN3/c1-2-16-8-7-14-17-12-6-3-10(15)9-13(12)18(14)11-4-5-11/h3,6,9,11,16H,2,4-5,7-8H2,1H3. The summed E-state index contributed by atoms with van der Waals surface area (Å²) in [4.78, 5) is 4.64. The van der Waals surface area contributed by atoms with E-state index < -0.39 is 0 Å². The first kappa shape index (κ1) is 11.7. The van der Waals surface area contributed by atoms with Gasteiger partial charge in [0.25, 0.3) is 0 Å². The van der Waals surface area contributed by atoms with Gasteiger partial charge in [-0.05, 0) is 37.6 Å². The molecule has 0 radical (unpaired) electrons. The fourth-order valence-corrected chi connectivity index (χ4v) is 2.41. The first-order chi connectivity index (χ1) is 8.79. The number of benzene rings is 1. The lowest BCUT2D eigenvalue weighted by atomic mass is 10.3. The SMILES string of the molecule is CCNCCc1nc2ccc(F)cc2n1C1CC1. The van der Waals surface area contributed by atoms with Crippen LogP contribution < -0.4 is 5.32 Å². The third kappa shape index (κ3) is 2.12. The second kappa shape index (κ2) is 4.69. The topological polar surface area (TPSA) is 29.9 Å². The molecule has 96 valence electrons. The van der Waals surface area contributed by atoms with Crippen molar-refractivity contribution in [2.24, 2.45) is 0 Å². The Labute approximate surface area is 106 Å². The Morgan fingerprint density at radius 2 is 2.28 bits per heavy atom. The molecule has 1 saturated carbocycles. The molecule has 0 amide bonds. The summed E-state index contributed by atoms with van der Waals surface area (Å²) < 4.78 is 15.6. The van der Waals surface area contributed by atoms with Crippen LogP contribution in [0, 0.1) is 5.82 Å². The number of nitrogens with zero attached hydrogens (tertiary/aromatic N) is 2. The molecule has 1 heterocycles. The molecular formula is C14H18FN3. The highest BCUT2D eigenvalue weighted by Crippen LogP contribution is 2.38. The minimum absolute atomic E-state index is 0.178. The molecule has 1 aromatic carbocycles. The van der Waals surface area contributed by atoms with Gasteiger partial charge in [-0.1, -0.05) is 6.92 Å². The summed E-state index contributed by atoms with van der Waals surface area (Å²) in [5.41, 5.74) is 1.86. The molecule has 18 heavy (non-hydrogen) atoms. The van der Waals surface area contributed by atoms with Gasteiger partial charge in [-0.3, -0.25) is 0 Å². The van der Waals surface area contributed by atoms with Crippen molar-refractivity contribution in [3.8, 4) is 0 Å². The third-order valence-electron chi connectivity index (χ3n) is 3.41. The van der Waals surface area contributed by atoms with E-state index in [2.05, 4.69) is 21.8 Å². The molecule has 1 aromatic heterocycles. The third-order valence-corrected chi connectivity index (χ3v) is 3.41. The fourth-order valence-electron chi connectivity index (χ4n) is 2.41. The lowest BCUT2D eigenvalue weighted by molar-refractivity contribution is 0.625. The van der Waals surface area contributed by atoms with E-state index in [1.807, 2.05) is 0 Å². The molecule has 3 rings (SSSR count). The lowest BCUT2D eigenvalue weighted by Gasteiger charge is -2.07. The molecule has 1 aliphatic carbocycles. The molecule has 3 nitrogen and oxygen atoms in total. The number of imidazole rings is 1. The number of aromatic nitrogens is 2. The van der Waals surface area contributed by atoms with Gasteiger partial charge in [-0.2, -0.15) is 0 Å². The number of likely N-dealkylation sites (N-methyl/N-ethyl adjacent to an activating group) is 1. The number of hydrogen-bond donors (Lipinski definition) is 1. The molecular weight excluding hydrogens is 229 g/mol. The molecule has 2 aromatic rings. The number of halogens is 1. The van der Waals surface area contributed by atoms with Crippen LogP contribution in [0.4, 0.5) is 4.39 Å². The Morgan fingerprint density at radius 1 is 1.44 bits per heavy atom. The molecule has 1 N–H and O–H groups in total. The maximum Gasteiger partial charge on any atom is 0.125 e. The van der Waals surface area contributed by atoms with Gasteiger partial charge in [0.1, 0.15) is 11.6 Å². The zero-order valence-corrected chi connectivity index (χ0v) is 10.6. The van der Waals surface area contributed by atoms with Crippen LogP contribution >= 0.6 is 0 Å². The number of hydrogen-bond acceptors (Lipinski definition) is 2. The molecule has 0 saturated heterocycles. The Morgan fingerprint density at radius 3 is 3.00 bits per heavy atom. The fraction of sp³-hybridized carbons (Fsp3) is 0.500. The van der Waals surface area contributed by atoms with Crippen molar-refractivity contribution in [1.82, 2.24) is 14.9 Å². The summed E-state index contributed by atoms with van der Waals surface area (Å²) in [5.74, 6) is 0.904. The molecule has 0 atom stereocenters. The second-order valence-electron chi connectivity index (χ2n) is 4.87. The van der Waals surface area contributed by atoms with Crippen molar-refractivity contribution < 1.29 is 4.39 Å². The average Bonchev–Trinajstić information content (AvgIpc) is 3.12. The van der Waals surface area contributed by atoms with Crippen molar-refractivity contribution in [2.75, 3.05) is 13.1 Å². The number of rotatable bonds is 5. The first-order valence-corrected chi connectivity index (χ1v) is 6.66. The van der Waals surface area contributed by atoms with E-state index >= 15 is 0 Å². The van der Waals surface area contributed by atoms with E-state index in [0.717, 1.165) is 36.4 Å². The van der Waals surface area contributed by atoms with Crippen molar-refractivity contribution in [3.63, 3.8) is 0 Å². The molecule has 1 fully saturated rings. The van der Waals surface area contributed by atoms with E-state index in [9.17, 15) is 4.39 Å². The van der Waals surface area contributed by atoms with Crippen LogP contribution in [0.5, 0.6) is 0 Å². The van der Waals surface area contributed by atoms with Crippen molar-refractivity contribution in [2.45, 2.75) is 32.2 Å². The van der Waals surface area contributed by atoms with Gasteiger partial charge in [-0.15, -0.1) is 0 Å². The van der Waals surface area contributed by atoms with Crippen LogP contribution in [0.15, 0.2) is 18.2 Å². The maximum absolute atomic E-state index is 13.4. The maximum atomic E-state index is 13.4. The summed E-state index contributed by atoms with van der Waals surface area (Å²) in [7, 11) is 0. The quantitative estimate of drug-likeness (QED) is 0.823. The minimum atomic E-state index is -0.178. The summed E-state index contributed by atoms with van der Waals surface area (Å²) in [6, 6.07) is 5.41. The van der Waals surface area contributed by atoms with Gasteiger partial charge in [0.15, 0.2) is 0 Å². The van der Waals surface area contributed by atoms with E-state index in [0.29, 0.717) is 6.04 Å². The molecule has 4 heteroatoms. The lowest BCUT2D eigenvalue weighted by Crippen LogP contribution is -2.18. The van der Waals surface area contributed by atoms with Crippen LogP contribution in [0.1, 0.15) is 31.6 Å². The van der Waals surface area contributed by atoms with Gasteiger partial charge >= 0.3 is 0 Å². The minimum Gasteiger partial charge on any atom is -0.325 e. The molecule has 0 bridgehead atoms. The summed E-state index contributed by atoms with van der Waals surface area (Å²) in [6.07, 6.45) is 3.28. The average molecular weight is 247 g/mol. The smallest absolute Gasteiger partial charge is 0.125 e. The van der Waals surface area contributed by atoms with Crippen LogP contribution in [-0.4, -0.2) is 22.6 Å². The Hall–Kier alpha value is -1.42. The van der Waals surface area contributed by atoms with Gasteiger partial charge in [0.2, 0.25) is 0 Å². The molecule has 1 aliphatic rings. The van der Waals surface area contributed by atoms with Crippen LogP contribution in [0.25, 0.3) is 11.0 Å². The largest absolute Gasteiger partial charge is 0.325 e. The van der Waals surface area contributed by atoms with Gasteiger partial charge in [0.05, 0.1) is 11.0 Å². The summed E-state index contributed by atoms with van der Waals surface area (Å²) >= 11 is 0. The van der Waals surface area contributed by atoms with E-state index in [1.165, 1.54) is 18.9 Å². The van der Waals surface area contributed by atoms with Gasteiger partial charge < -0.3 is 9.88 Å². The first-order valence-electron chi connectivity index (χ1n) is 6.66. The summed E-state index contributed by atoms with van der Waals surface area (Å²) in [6.45, 7) is 3.99. The summed E-state index contributed by atoms with van der Waals surface area (Å²) in [5, 5.41) is 3.31. The highest BCUT2D eigenvalue weighted by atomic mass is 19.1. The monoisotopic (exact) mass is 247 g/mol.